The fourth-order valence-electron chi connectivity index (χ4n) is 1.57. The second-order valence-electron chi connectivity index (χ2n) is 3.90. The van der Waals surface area contributed by atoms with E-state index in [-0.39, 0.29) is 0 Å². The van der Waals surface area contributed by atoms with E-state index < -0.39 is 0 Å². The third kappa shape index (κ3) is 3.01. The molecule has 0 aromatic heterocycles. The van der Waals surface area contributed by atoms with Crippen molar-refractivity contribution < 1.29 is 4.74 Å². The number of hydrogen-bond acceptors (Lipinski definition) is 2. The molecule has 2 rings (SSSR count). The SMILES string of the molecule is Cc1ccccc1OCc1ccc(Br)cc1N. The predicted octanol–water partition coefficient (Wildman–Crippen LogP) is 3.92. The van der Waals surface area contributed by atoms with Crippen LogP contribution >= 0.6 is 15.9 Å². The van der Waals surface area contributed by atoms with E-state index in [2.05, 4.69) is 15.9 Å². The Hall–Kier alpha value is -1.48. The number of aryl methyl sites for hydroxylation is 1. The molecular formula is C14H14BrNO. The number of halogens is 1. The van der Waals surface area contributed by atoms with Crippen LogP contribution in [0.15, 0.2) is 46.9 Å². The largest absolute Gasteiger partial charge is 0.489 e. The average molecular weight is 292 g/mol. The molecule has 0 saturated carbocycles. The Balaban J connectivity index is 2.10. The van der Waals surface area contributed by atoms with E-state index in [0.717, 1.165) is 27.0 Å². The van der Waals surface area contributed by atoms with Crippen molar-refractivity contribution in [2.75, 3.05) is 5.73 Å². The first-order chi connectivity index (χ1) is 8.16. The number of nitrogens with two attached hydrogens (primary N) is 1. The lowest BCUT2D eigenvalue weighted by Gasteiger charge is -2.10. The van der Waals surface area contributed by atoms with Crippen molar-refractivity contribution in [3.8, 4) is 5.75 Å². The van der Waals surface area contributed by atoms with Crippen LogP contribution in [0.2, 0.25) is 0 Å². The Morgan fingerprint density at radius 3 is 2.65 bits per heavy atom. The molecule has 0 atom stereocenters. The van der Waals surface area contributed by atoms with Gasteiger partial charge in [-0.2, -0.15) is 0 Å². The summed E-state index contributed by atoms with van der Waals surface area (Å²) < 4.78 is 6.73. The number of ether oxygens (including phenoxy) is 1. The second kappa shape index (κ2) is 5.23. The van der Waals surface area contributed by atoms with Crippen molar-refractivity contribution in [3.05, 3.63) is 58.1 Å². The highest BCUT2D eigenvalue weighted by molar-refractivity contribution is 9.10. The summed E-state index contributed by atoms with van der Waals surface area (Å²) in [5, 5.41) is 0. The molecule has 2 nitrogen and oxygen atoms in total. The molecule has 0 aliphatic heterocycles. The van der Waals surface area contributed by atoms with Crippen LogP contribution in [0, 0.1) is 6.92 Å². The molecule has 0 spiro atoms. The highest BCUT2D eigenvalue weighted by atomic mass is 79.9. The highest BCUT2D eigenvalue weighted by Gasteiger charge is 2.02. The van der Waals surface area contributed by atoms with Crippen molar-refractivity contribution in [3.63, 3.8) is 0 Å². The van der Waals surface area contributed by atoms with E-state index >= 15 is 0 Å². The summed E-state index contributed by atoms with van der Waals surface area (Å²) >= 11 is 3.38. The smallest absolute Gasteiger partial charge is 0.122 e. The van der Waals surface area contributed by atoms with Gasteiger partial charge in [-0.05, 0) is 30.7 Å². The van der Waals surface area contributed by atoms with Crippen molar-refractivity contribution in [2.24, 2.45) is 0 Å². The molecule has 0 amide bonds. The van der Waals surface area contributed by atoms with E-state index in [9.17, 15) is 0 Å². The maximum Gasteiger partial charge on any atom is 0.122 e. The van der Waals surface area contributed by atoms with Crippen LogP contribution in [0.25, 0.3) is 0 Å². The molecule has 3 heteroatoms. The quantitative estimate of drug-likeness (QED) is 0.870. The number of hydrogen-bond donors (Lipinski definition) is 1. The van der Waals surface area contributed by atoms with Crippen molar-refractivity contribution >= 4 is 21.6 Å². The van der Waals surface area contributed by atoms with Crippen molar-refractivity contribution in [1.29, 1.82) is 0 Å². The summed E-state index contributed by atoms with van der Waals surface area (Å²) in [5.74, 6) is 0.898. The number of anilines is 1. The zero-order valence-corrected chi connectivity index (χ0v) is 11.2. The van der Waals surface area contributed by atoms with Crippen LogP contribution in [0.3, 0.4) is 0 Å². The lowest BCUT2D eigenvalue weighted by atomic mass is 10.2. The van der Waals surface area contributed by atoms with Gasteiger partial charge in [0.1, 0.15) is 12.4 Å². The molecule has 0 aliphatic carbocycles. The van der Waals surface area contributed by atoms with Gasteiger partial charge in [-0.1, -0.05) is 40.2 Å². The molecule has 0 bridgehead atoms. The molecule has 0 unspecified atom stereocenters. The van der Waals surface area contributed by atoms with Gasteiger partial charge in [-0.25, -0.2) is 0 Å². The Labute approximate surface area is 110 Å². The van der Waals surface area contributed by atoms with Gasteiger partial charge in [0.2, 0.25) is 0 Å². The summed E-state index contributed by atoms with van der Waals surface area (Å²) in [6.07, 6.45) is 0. The number of para-hydroxylation sites is 1. The molecule has 17 heavy (non-hydrogen) atoms. The predicted molar refractivity (Wildman–Crippen MR) is 74.1 cm³/mol. The minimum atomic E-state index is 0.490. The summed E-state index contributed by atoms with van der Waals surface area (Å²) in [7, 11) is 0. The van der Waals surface area contributed by atoms with Gasteiger partial charge in [-0.3, -0.25) is 0 Å². The Bertz CT molecular complexity index is 525. The molecule has 0 saturated heterocycles. The fourth-order valence-corrected chi connectivity index (χ4v) is 1.95. The van der Waals surface area contributed by atoms with Crippen LogP contribution in [-0.4, -0.2) is 0 Å². The first-order valence-corrected chi connectivity index (χ1v) is 6.18. The van der Waals surface area contributed by atoms with Gasteiger partial charge in [0.25, 0.3) is 0 Å². The van der Waals surface area contributed by atoms with Crippen LogP contribution < -0.4 is 10.5 Å². The first-order valence-electron chi connectivity index (χ1n) is 5.39. The molecule has 0 fully saturated rings. The summed E-state index contributed by atoms with van der Waals surface area (Å²) in [5.41, 5.74) is 8.78. The monoisotopic (exact) mass is 291 g/mol. The van der Waals surface area contributed by atoms with Gasteiger partial charge in [-0.15, -0.1) is 0 Å². The van der Waals surface area contributed by atoms with Crippen LogP contribution in [0.4, 0.5) is 5.69 Å². The van der Waals surface area contributed by atoms with Crippen molar-refractivity contribution in [1.82, 2.24) is 0 Å². The zero-order chi connectivity index (χ0) is 12.3. The summed E-state index contributed by atoms with van der Waals surface area (Å²) in [6, 6.07) is 13.8. The molecular weight excluding hydrogens is 278 g/mol. The number of benzene rings is 2. The molecule has 0 heterocycles. The second-order valence-corrected chi connectivity index (χ2v) is 4.81. The van der Waals surface area contributed by atoms with E-state index in [1.807, 2.05) is 49.4 Å². The van der Waals surface area contributed by atoms with Gasteiger partial charge in [0.05, 0.1) is 0 Å². The molecule has 2 aromatic rings. The van der Waals surface area contributed by atoms with Crippen molar-refractivity contribution in [2.45, 2.75) is 13.5 Å². The van der Waals surface area contributed by atoms with Crippen LogP contribution in [-0.2, 0) is 6.61 Å². The third-order valence-electron chi connectivity index (χ3n) is 2.58. The lowest BCUT2D eigenvalue weighted by molar-refractivity contribution is 0.305. The first kappa shape index (κ1) is 12.0. The average Bonchev–Trinajstić information content (AvgIpc) is 2.30. The fraction of sp³-hybridized carbons (Fsp3) is 0.143. The Kier molecular flexibility index (Phi) is 3.69. The normalized spacial score (nSPS) is 10.2. The molecule has 2 N–H and O–H groups in total. The summed E-state index contributed by atoms with van der Waals surface area (Å²) in [4.78, 5) is 0. The van der Waals surface area contributed by atoms with E-state index in [1.165, 1.54) is 0 Å². The Morgan fingerprint density at radius 1 is 1.18 bits per heavy atom. The minimum Gasteiger partial charge on any atom is -0.489 e. The van der Waals surface area contributed by atoms with Crippen LogP contribution in [0.1, 0.15) is 11.1 Å². The number of rotatable bonds is 3. The Morgan fingerprint density at radius 2 is 1.94 bits per heavy atom. The van der Waals surface area contributed by atoms with Gasteiger partial charge >= 0.3 is 0 Å². The molecule has 0 radical (unpaired) electrons. The third-order valence-corrected chi connectivity index (χ3v) is 3.08. The van der Waals surface area contributed by atoms with E-state index in [0.29, 0.717) is 6.61 Å². The van der Waals surface area contributed by atoms with Crippen LogP contribution in [0.5, 0.6) is 5.75 Å². The standard InChI is InChI=1S/C14H14BrNO/c1-10-4-2-3-5-14(10)17-9-11-6-7-12(15)8-13(11)16/h2-8H,9,16H2,1H3. The maximum atomic E-state index is 5.91. The molecule has 0 aliphatic rings. The highest BCUT2D eigenvalue weighted by Crippen LogP contribution is 2.22. The van der Waals surface area contributed by atoms with Gasteiger partial charge in [0, 0.05) is 15.7 Å². The maximum absolute atomic E-state index is 5.91. The summed E-state index contributed by atoms with van der Waals surface area (Å²) in [6.45, 7) is 2.52. The van der Waals surface area contributed by atoms with Gasteiger partial charge in [0.15, 0.2) is 0 Å². The lowest BCUT2D eigenvalue weighted by Crippen LogP contribution is -2.00. The van der Waals surface area contributed by atoms with E-state index in [4.69, 9.17) is 10.5 Å². The number of nitrogen functional groups attached to an aromatic ring is 1. The van der Waals surface area contributed by atoms with E-state index in [1.54, 1.807) is 0 Å². The van der Waals surface area contributed by atoms with Gasteiger partial charge < -0.3 is 10.5 Å². The molecule has 88 valence electrons. The topological polar surface area (TPSA) is 35.2 Å². The zero-order valence-electron chi connectivity index (χ0n) is 9.61. The minimum absolute atomic E-state index is 0.490. The molecule has 2 aromatic carbocycles.